The SMILES string of the molecule is O=C(O)NC1CCN(c2ccnc3[nH]ccc23)CC1. The highest BCUT2D eigenvalue weighted by molar-refractivity contribution is 5.89. The minimum absolute atomic E-state index is 0.0669. The van der Waals surface area contributed by atoms with Gasteiger partial charge in [-0.25, -0.2) is 9.78 Å². The fourth-order valence-electron chi connectivity index (χ4n) is 2.66. The quantitative estimate of drug-likeness (QED) is 0.769. The van der Waals surface area contributed by atoms with Crippen molar-refractivity contribution in [2.75, 3.05) is 18.0 Å². The van der Waals surface area contributed by atoms with Crippen molar-refractivity contribution in [2.45, 2.75) is 18.9 Å². The molecule has 0 unspecified atom stereocenters. The number of rotatable bonds is 2. The minimum atomic E-state index is -0.935. The number of aromatic amines is 1. The Morgan fingerprint density at radius 3 is 2.95 bits per heavy atom. The number of pyridine rings is 1. The lowest BCUT2D eigenvalue weighted by atomic mass is 10.0. The van der Waals surface area contributed by atoms with Crippen LogP contribution in [0.2, 0.25) is 0 Å². The topological polar surface area (TPSA) is 81.2 Å². The molecule has 3 rings (SSSR count). The van der Waals surface area contributed by atoms with Crippen LogP contribution in [0.15, 0.2) is 24.5 Å². The molecule has 1 saturated heterocycles. The van der Waals surface area contributed by atoms with E-state index >= 15 is 0 Å². The fourth-order valence-corrected chi connectivity index (χ4v) is 2.66. The maximum Gasteiger partial charge on any atom is 0.404 e. The van der Waals surface area contributed by atoms with Gasteiger partial charge in [-0.1, -0.05) is 0 Å². The molecule has 0 atom stereocenters. The number of fused-ring (bicyclic) bond motifs is 1. The monoisotopic (exact) mass is 260 g/mol. The number of hydrogen-bond acceptors (Lipinski definition) is 3. The molecule has 0 aliphatic carbocycles. The first-order valence-electron chi connectivity index (χ1n) is 6.40. The van der Waals surface area contributed by atoms with Crippen molar-refractivity contribution < 1.29 is 9.90 Å². The van der Waals surface area contributed by atoms with E-state index in [1.54, 1.807) is 6.20 Å². The van der Waals surface area contributed by atoms with E-state index < -0.39 is 6.09 Å². The van der Waals surface area contributed by atoms with Crippen LogP contribution in [-0.4, -0.2) is 40.3 Å². The zero-order chi connectivity index (χ0) is 13.2. The zero-order valence-electron chi connectivity index (χ0n) is 10.5. The molecule has 0 radical (unpaired) electrons. The molecule has 3 heterocycles. The van der Waals surface area contributed by atoms with Gasteiger partial charge in [-0.15, -0.1) is 0 Å². The Hall–Kier alpha value is -2.24. The zero-order valence-corrected chi connectivity index (χ0v) is 10.5. The number of carbonyl (C=O) groups is 1. The number of nitrogens with one attached hydrogen (secondary N) is 2. The van der Waals surface area contributed by atoms with Gasteiger partial charge in [0.15, 0.2) is 0 Å². The van der Waals surface area contributed by atoms with Crippen molar-refractivity contribution >= 4 is 22.8 Å². The maximum absolute atomic E-state index is 10.6. The van der Waals surface area contributed by atoms with Crippen LogP contribution in [0.4, 0.5) is 10.5 Å². The fraction of sp³-hybridized carbons (Fsp3) is 0.385. The Balaban J connectivity index is 1.75. The number of amides is 1. The molecule has 1 aliphatic rings. The molecule has 6 heteroatoms. The molecule has 2 aromatic rings. The van der Waals surface area contributed by atoms with Crippen LogP contribution < -0.4 is 10.2 Å². The van der Waals surface area contributed by atoms with Crippen molar-refractivity contribution in [2.24, 2.45) is 0 Å². The highest BCUT2D eigenvalue weighted by Crippen LogP contribution is 2.27. The summed E-state index contributed by atoms with van der Waals surface area (Å²) in [4.78, 5) is 20.3. The summed E-state index contributed by atoms with van der Waals surface area (Å²) in [5, 5.41) is 12.4. The number of anilines is 1. The summed E-state index contributed by atoms with van der Waals surface area (Å²) in [7, 11) is 0. The standard InChI is InChI=1S/C13H16N4O2/c18-13(19)16-9-3-7-17(8-4-9)11-2-6-15-12-10(11)1-5-14-12/h1-2,5-6,9,16H,3-4,7-8H2,(H,14,15)(H,18,19). The number of carboxylic acid groups (broad SMARTS) is 1. The summed E-state index contributed by atoms with van der Waals surface area (Å²) in [5.41, 5.74) is 2.06. The van der Waals surface area contributed by atoms with E-state index in [-0.39, 0.29) is 6.04 Å². The first kappa shape index (κ1) is 11.8. The first-order valence-corrected chi connectivity index (χ1v) is 6.40. The lowest BCUT2D eigenvalue weighted by Crippen LogP contribution is -2.44. The minimum Gasteiger partial charge on any atom is -0.465 e. The maximum atomic E-state index is 10.6. The Labute approximate surface area is 110 Å². The summed E-state index contributed by atoms with van der Waals surface area (Å²) < 4.78 is 0. The molecule has 19 heavy (non-hydrogen) atoms. The van der Waals surface area contributed by atoms with Crippen molar-refractivity contribution in [1.29, 1.82) is 0 Å². The average Bonchev–Trinajstić information content (AvgIpc) is 2.87. The number of piperidine rings is 1. The van der Waals surface area contributed by atoms with Crippen molar-refractivity contribution in [3.63, 3.8) is 0 Å². The van der Waals surface area contributed by atoms with E-state index in [1.165, 1.54) is 5.69 Å². The molecule has 1 fully saturated rings. The second-order valence-corrected chi connectivity index (χ2v) is 4.78. The van der Waals surface area contributed by atoms with Gasteiger partial charge in [-0.3, -0.25) is 0 Å². The molecular formula is C13H16N4O2. The molecule has 2 aromatic heterocycles. The van der Waals surface area contributed by atoms with E-state index in [4.69, 9.17) is 5.11 Å². The van der Waals surface area contributed by atoms with Crippen molar-refractivity contribution in [3.05, 3.63) is 24.5 Å². The third-order valence-corrected chi connectivity index (χ3v) is 3.60. The van der Waals surface area contributed by atoms with Crippen LogP contribution in [-0.2, 0) is 0 Å². The van der Waals surface area contributed by atoms with E-state index in [0.717, 1.165) is 37.0 Å². The van der Waals surface area contributed by atoms with E-state index in [2.05, 4.69) is 20.2 Å². The van der Waals surface area contributed by atoms with Gasteiger partial charge >= 0.3 is 6.09 Å². The van der Waals surface area contributed by atoms with Crippen LogP contribution >= 0.6 is 0 Å². The highest BCUT2D eigenvalue weighted by Gasteiger charge is 2.21. The third kappa shape index (κ3) is 2.33. The molecule has 0 bridgehead atoms. The lowest BCUT2D eigenvalue weighted by Gasteiger charge is -2.33. The van der Waals surface area contributed by atoms with Crippen LogP contribution in [0.1, 0.15) is 12.8 Å². The Morgan fingerprint density at radius 2 is 2.21 bits per heavy atom. The van der Waals surface area contributed by atoms with Crippen LogP contribution in [0.25, 0.3) is 11.0 Å². The second kappa shape index (κ2) is 4.79. The van der Waals surface area contributed by atoms with Crippen LogP contribution in [0.5, 0.6) is 0 Å². The predicted molar refractivity (Wildman–Crippen MR) is 72.5 cm³/mol. The molecule has 0 aromatic carbocycles. The second-order valence-electron chi connectivity index (χ2n) is 4.78. The van der Waals surface area contributed by atoms with Gasteiger partial charge in [-0.05, 0) is 25.0 Å². The van der Waals surface area contributed by atoms with Crippen LogP contribution in [0.3, 0.4) is 0 Å². The first-order chi connectivity index (χ1) is 9.24. The van der Waals surface area contributed by atoms with Gasteiger partial charge in [0.1, 0.15) is 5.65 Å². The van der Waals surface area contributed by atoms with Crippen molar-refractivity contribution in [3.8, 4) is 0 Å². The normalized spacial score (nSPS) is 16.7. The van der Waals surface area contributed by atoms with Gasteiger partial charge in [0.2, 0.25) is 0 Å². The van der Waals surface area contributed by atoms with E-state index in [1.807, 2.05) is 18.3 Å². The number of aromatic nitrogens is 2. The molecule has 3 N–H and O–H groups in total. The largest absolute Gasteiger partial charge is 0.465 e. The Morgan fingerprint density at radius 1 is 1.42 bits per heavy atom. The Bertz CT molecular complexity index is 587. The van der Waals surface area contributed by atoms with Crippen molar-refractivity contribution in [1.82, 2.24) is 15.3 Å². The van der Waals surface area contributed by atoms with Gasteiger partial charge < -0.3 is 20.3 Å². The number of nitrogens with zero attached hydrogens (tertiary/aromatic N) is 2. The summed E-state index contributed by atoms with van der Waals surface area (Å²) in [6.07, 6.45) is 4.42. The lowest BCUT2D eigenvalue weighted by molar-refractivity contribution is 0.187. The molecule has 0 saturated carbocycles. The number of hydrogen-bond donors (Lipinski definition) is 3. The van der Waals surface area contributed by atoms with Crippen LogP contribution in [0, 0.1) is 0 Å². The molecule has 6 nitrogen and oxygen atoms in total. The number of H-pyrrole nitrogens is 1. The highest BCUT2D eigenvalue weighted by atomic mass is 16.4. The molecule has 0 spiro atoms. The third-order valence-electron chi connectivity index (χ3n) is 3.60. The van der Waals surface area contributed by atoms with Gasteiger partial charge in [-0.2, -0.15) is 0 Å². The summed E-state index contributed by atoms with van der Waals surface area (Å²) in [6.45, 7) is 1.71. The average molecular weight is 260 g/mol. The van der Waals surface area contributed by atoms with Gasteiger partial charge in [0.05, 0.1) is 0 Å². The van der Waals surface area contributed by atoms with Gasteiger partial charge in [0.25, 0.3) is 0 Å². The van der Waals surface area contributed by atoms with E-state index in [0.29, 0.717) is 0 Å². The summed E-state index contributed by atoms with van der Waals surface area (Å²) in [6, 6.07) is 4.11. The molecule has 1 amide bonds. The molecule has 1 aliphatic heterocycles. The van der Waals surface area contributed by atoms with E-state index in [9.17, 15) is 4.79 Å². The van der Waals surface area contributed by atoms with Gasteiger partial charge in [0, 0.05) is 42.6 Å². The smallest absolute Gasteiger partial charge is 0.404 e. The summed E-state index contributed by atoms with van der Waals surface area (Å²) >= 11 is 0. The molecule has 100 valence electrons. The predicted octanol–water partition coefficient (Wildman–Crippen LogP) is 1.80. The molecular weight excluding hydrogens is 244 g/mol. The Kier molecular flexibility index (Phi) is 2.98. The summed E-state index contributed by atoms with van der Waals surface area (Å²) in [5.74, 6) is 0.